The van der Waals surface area contributed by atoms with Crippen molar-refractivity contribution in [2.75, 3.05) is 26.8 Å². The van der Waals surface area contributed by atoms with E-state index in [0.717, 1.165) is 10.1 Å². The van der Waals surface area contributed by atoms with Crippen LogP contribution in [0.4, 0.5) is 0 Å². The zero-order valence-corrected chi connectivity index (χ0v) is 19.7. The molecule has 3 N–H and O–H groups in total. The largest absolute Gasteiger partial charge is 0.497 e. The van der Waals surface area contributed by atoms with Crippen LogP contribution >= 0.6 is 11.3 Å². The van der Waals surface area contributed by atoms with Crippen LogP contribution in [0.15, 0.2) is 48.5 Å². The predicted molar refractivity (Wildman–Crippen MR) is 131 cm³/mol. The summed E-state index contributed by atoms with van der Waals surface area (Å²) in [6.45, 7) is 0.839. The Bertz CT molecular complexity index is 1160. The van der Waals surface area contributed by atoms with Gasteiger partial charge in [0.2, 0.25) is 5.91 Å². The molecular weight excluding hydrogens is 454 g/mol. The van der Waals surface area contributed by atoms with Crippen LogP contribution in [0.5, 0.6) is 11.5 Å². The third-order valence-electron chi connectivity index (χ3n) is 5.57. The van der Waals surface area contributed by atoms with Gasteiger partial charge in [-0.1, -0.05) is 18.2 Å². The molecule has 3 amide bonds. The zero-order valence-electron chi connectivity index (χ0n) is 18.9. The van der Waals surface area contributed by atoms with E-state index >= 15 is 0 Å². The summed E-state index contributed by atoms with van der Waals surface area (Å²) in [7, 11) is 1.54. The Hall–Kier alpha value is -3.59. The molecule has 0 aliphatic carbocycles. The minimum atomic E-state index is -0.677. The number of amides is 3. The average molecular weight is 482 g/mol. The number of hydrogen-bond donors (Lipinski definition) is 3. The lowest BCUT2D eigenvalue weighted by atomic mass is 10.1. The van der Waals surface area contributed by atoms with Crippen LogP contribution < -0.4 is 25.4 Å². The Morgan fingerprint density at radius 3 is 2.76 bits per heavy atom. The van der Waals surface area contributed by atoms with E-state index in [-0.39, 0.29) is 30.9 Å². The van der Waals surface area contributed by atoms with Gasteiger partial charge in [-0.3, -0.25) is 14.4 Å². The van der Waals surface area contributed by atoms with E-state index < -0.39 is 6.04 Å². The summed E-state index contributed by atoms with van der Waals surface area (Å²) < 4.78 is 12.0. The topological polar surface area (TPSA) is 106 Å². The molecule has 3 aromatic rings. The Balaban J connectivity index is 1.44. The maximum absolute atomic E-state index is 12.9. The third-order valence-corrected chi connectivity index (χ3v) is 6.68. The van der Waals surface area contributed by atoms with Crippen molar-refractivity contribution in [2.24, 2.45) is 0 Å². The van der Waals surface area contributed by atoms with Gasteiger partial charge in [0.15, 0.2) is 0 Å². The van der Waals surface area contributed by atoms with Gasteiger partial charge in [0.1, 0.15) is 24.1 Å². The van der Waals surface area contributed by atoms with Crippen LogP contribution in [0.25, 0.3) is 10.1 Å². The number of thiophene rings is 1. The lowest BCUT2D eigenvalue weighted by Crippen LogP contribution is -2.47. The maximum atomic E-state index is 12.9. The molecule has 4 rings (SSSR count). The first-order chi connectivity index (χ1) is 16.5. The standard InChI is InChI=1S/C25H27N3O5S/c1-32-17-9-10-18-20(15-17)33-13-12-27-24(30)19(7-4-5-11-26-23(18)29)28-25(31)22-14-16-6-2-3-8-21(16)34-22/h2-3,6,8-10,14-15,19H,4-5,7,11-13H2,1H3,(H,26,29)(H,27,30)(H,28,31)/t19-/m0/s1. The van der Waals surface area contributed by atoms with Gasteiger partial charge in [0.05, 0.1) is 24.1 Å². The van der Waals surface area contributed by atoms with E-state index in [0.29, 0.717) is 47.7 Å². The van der Waals surface area contributed by atoms with Crippen molar-refractivity contribution in [3.8, 4) is 11.5 Å². The highest BCUT2D eigenvalue weighted by Crippen LogP contribution is 2.26. The highest BCUT2D eigenvalue weighted by atomic mass is 32.1. The van der Waals surface area contributed by atoms with E-state index in [9.17, 15) is 14.4 Å². The van der Waals surface area contributed by atoms with E-state index in [1.165, 1.54) is 11.3 Å². The van der Waals surface area contributed by atoms with Gasteiger partial charge in [0.25, 0.3) is 11.8 Å². The third kappa shape index (κ3) is 5.66. The van der Waals surface area contributed by atoms with Gasteiger partial charge in [-0.25, -0.2) is 0 Å². The van der Waals surface area contributed by atoms with Crippen LogP contribution in [0.2, 0.25) is 0 Å². The van der Waals surface area contributed by atoms with Gasteiger partial charge in [0, 0.05) is 17.3 Å². The number of carbonyl (C=O) groups is 3. The first-order valence-electron chi connectivity index (χ1n) is 11.2. The second kappa shape index (κ2) is 11.0. The number of methoxy groups -OCH3 is 1. The molecule has 34 heavy (non-hydrogen) atoms. The van der Waals surface area contributed by atoms with Crippen LogP contribution in [0.3, 0.4) is 0 Å². The number of hydrogen-bond acceptors (Lipinski definition) is 6. The molecule has 1 atom stereocenters. The number of nitrogens with one attached hydrogen (secondary N) is 3. The van der Waals surface area contributed by atoms with Crippen molar-refractivity contribution >= 4 is 39.1 Å². The van der Waals surface area contributed by atoms with E-state index in [2.05, 4.69) is 16.0 Å². The first-order valence-corrected chi connectivity index (χ1v) is 12.0. The summed E-state index contributed by atoms with van der Waals surface area (Å²) >= 11 is 1.40. The van der Waals surface area contributed by atoms with Gasteiger partial charge < -0.3 is 25.4 Å². The molecule has 1 aliphatic heterocycles. The monoisotopic (exact) mass is 481 g/mol. The van der Waals surface area contributed by atoms with Crippen molar-refractivity contribution in [3.63, 3.8) is 0 Å². The Morgan fingerprint density at radius 1 is 1.09 bits per heavy atom. The Kier molecular flexibility index (Phi) is 7.64. The van der Waals surface area contributed by atoms with Gasteiger partial charge in [-0.05, 0) is 48.9 Å². The van der Waals surface area contributed by atoms with E-state index in [1.54, 1.807) is 25.3 Å². The van der Waals surface area contributed by atoms with Crippen LogP contribution in [0, 0.1) is 0 Å². The molecule has 0 radical (unpaired) electrons. The summed E-state index contributed by atoms with van der Waals surface area (Å²) in [4.78, 5) is 38.9. The fraction of sp³-hybridized carbons (Fsp3) is 0.320. The smallest absolute Gasteiger partial charge is 0.262 e. The lowest BCUT2D eigenvalue weighted by Gasteiger charge is -2.19. The highest BCUT2D eigenvalue weighted by molar-refractivity contribution is 7.20. The lowest BCUT2D eigenvalue weighted by molar-refractivity contribution is -0.123. The van der Waals surface area contributed by atoms with Crippen LogP contribution in [-0.4, -0.2) is 50.6 Å². The number of rotatable bonds is 3. The van der Waals surface area contributed by atoms with Crippen molar-refractivity contribution in [3.05, 3.63) is 59.0 Å². The second-order valence-corrected chi connectivity index (χ2v) is 9.01. The van der Waals surface area contributed by atoms with E-state index in [4.69, 9.17) is 9.47 Å². The van der Waals surface area contributed by atoms with Crippen molar-refractivity contribution < 1.29 is 23.9 Å². The van der Waals surface area contributed by atoms with Crippen LogP contribution in [-0.2, 0) is 4.79 Å². The molecule has 2 heterocycles. The average Bonchev–Trinajstić information content (AvgIpc) is 3.29. The Labute approximate surface area is 201 Å². The molecule has 0 unspecified atom stereocenters. The second-order valence-electron chi connectivity index (χ2n) is 7.93. The molecular formula is C25H27N3O5S. The van der Waals surface area contributed by atoms with Gasteiger partial charge in [-0.2, -0.15) is 0 Å². The van der Waals surface area contributed by atoms with E-state index in [1.807, 2.05) is 30.3 Å². The molecule has 0 saturated carbocycles. The normalized spacial score (nSPS) is 17.5. The maximum Gasteiger partial charge on any atom is 0.262 e. The van der Waals surface area contributed by atoms with Crippen molar-refractivity contribution in [2.45, 2.75) is 25.3 Å². The Morgan fingerprint density at radius 2 is 1.94 bits per heavy atom. The quantitative estimate of drug-likeness (QED) is 0.533. The number of benzene rings is 2. The molecule has 0 bridgehead atoms. The van der Waals surface area contributed by atoms with Crippen molar-refractivity contribution in [1.82, 2.24) is 16.0 Å². The van der Waals surface area contributed by atoms with Crippen molar-refractivity contribution in [1.29, 1.82) is 0 Å². The SMILES string of the molecule is COc1ccc2c(c1)OCCNC(=O)[C@@H](NC(=O)c1cc3ccccc3s1)CCCCNC2=O. The predicted octanol–water partition coefficient (Wildman–Crippen LogP) is 3.12. The highest BCUT2D eigenvalue weighted by Gasteiger charge is 2.23. The first kappa shape index (κ1) is 23.6. The minimum Gasteiger partial charge on any atom is -0.497 e. The molecule has 0 fully saturated rings. The number of fused-ring (bicyclic) bond motifs is 2. The molecule has 8 nitrogen and oxygen atoms in total. The summed E-state index contributed by atoms with van der Waals surface area (Å²) in [5.41, 5.74) is 0.415. The summed E-state index contributed by atoms with van der Waals surface area (Å²) in [5.74, 6) is 0.199. The fourth-order valence-corrected chi connectivity index (χ4v) is 4.72. The summed E-state index contributed by atoms with van der Waals surface area (Å²) in [5, 5.41) is 9.60. The summed E-state index contributed by atoms with van der Waals surface area (Å²) in [6, 6.07) is 14.0. The molecule has 0 spiro atoms. The molecule has 2 aromatic carbocycles. The molecule has 178 valence electrons. The number of carbonyl (C=O) groups excluding carboxylic acids is 3. The zero-order chi connectivity index (χ0) is 23.9. The molecule has 1 aliphatic rings. The molecule has 9 heteroatoms. The van der Waals surface area contributed by atoms with Gasteiger partial charge in [-0.15, -0.1) is 11.3 Å². The molecule has 0 saturated heterocycles. The van der Waals surface area contributed by atoms with Crippen LogP contribution in [0.1, 0.15) is 39.3 Å². The molecule has 1 aromatic heterocycles. The number of ether oxygens (including phenoxy) is 2. The minimum absolute atomic E-state index is 0.163. The fourth-order valence-electron chi connectivity index (χ4n) is 3.76. The van der Waals surface area contributed by atoms with Gasteiger partial charge >= 0.3 is 0 Å². The summed E-state index contributed by atoms with van der Waals surface area (Å²) in [6.07, 6.45) is 1.80.